The van der Waals surface area contributed by atoms with Crippen molar-refractivity contribution in [1.29, 1.82) is 0 Å². The number of fused-ring (bicyclic) bond motifs is 1. The molecule has 0 aliphatic rings. The van der Waals surface area contributed by atoms with E-state index in [4.69, 9.17) is 4.74 Å². The summed E-state index contributed by atoms with van der Waals surface area (Å²) < 4.78 is 5.32. The molecular weight excluding hydrogens is 168 g/mol. The molecule has 5 nitrogen and oxygen atoms in total. The number of aromatic amines is 1. The van der Waals surface area contributed by atoms with Gasteiger partial charge in [-0.3, -0.25) is 5.10 Å². The van der Waals surface area contributed by atoms with Crippen molar-refractivity contribution >= 4 is 11.0 Å². The molecule has 0 aromatic carbocycles. The average Bonchev–Trinajstić information content (AvgIpc) is 2.49. The summed E-state index contributed by atoms with van der Waals surface area (Å²) in [5.41, 5.74) is 0.700. The van der Waals surface area contributed by atoms with Crippen LogP contribution in [0.1, 0.15) is 13.8 Å². The van der Waals surface area contributed by atoms with Gasteiger partial charge in [-0.15, -0.1) is 0 Å². The highest BCUT2D eigenvalue weighted by Crippen LogP contribution is 2.10. The summed E-state index contributed by atoms with van der Waals surface area (Å²) in [4.78, 5) is 8.15. The summed E-state index contributed by atoms with van der Waals surface area (Å²) in [5, 5.41) is 7.48. The van der Waals surface area contributed by atoms with E-state index < -0.39 is 0 Å². The minimum absolute atomic E-state index is 0.0837. The van der Waals surface area contributed by atoms with Crippen LogP contribution in [0, 0.1) is 0 Å². The summed E-state index contributed by atoms with van der Waals surface area (Å²) in [5.74, 6) is 0. The third kappa shape index (κ3) is 1.58. The number of nitrogens with zero attached hydrogens (tertiary/aromatic N) is 3. The Morgan fingerprint density at radius 3 is 3.00 bits per heavy atom. The minimum Gasteiger partial charge on any atom is -0.461 e. The zero-order chi connectivity index (χ0) is 9.26. The van der Waals surface area contributed by atoms with Crippen molar-refractivity contribution in [2.45, 2.75) is 20.0 Å². The van der Waals surface area contributed by atoms with Gasteiger partial charge in [-0.2, -0.15) is 10.1 Å². The summed E-state index contributed by atoms with van der Waals surface area (Å²) in [6.45, 7) is 3.86. The Labute approximate surface area is 75.2 Å². The highest BCUT2D eigenvalue weighted by atomic mass is 16.5. The van der Waals surface area contributed by atoms with Crippen molar-refractivity contribution in [3.63, 3.8) is 0 Å². The predicted molar refractivity (Wildman–Crippen MR) is 47.4 cm³/mol. The zero-order valence-electron chi connectivity index (χ0n) is 7.48. The van der Waals surface area contributed by atoms with Crippen LogP contribution in [0.3, 0.4) is 0 Å². The van der Waals surface area contributed by atoms with Crippen LogP contribution in [-0.2, 0) is 0 Å². The lowest BCUT2D eigenvalue weighted by molar-refractivity contribution is 0.223. The third-order valence-corrected chi connectivity index (χ3v) is 1.51. The Morgan fingerprint density at radius 2 is 2.23 bits per heavy atom. The highest BCUT2D eigenvalue weighted by molar-refractivity contribution is 5.72. The first-order valence-corrected chi connectivity index (χ1v) is 4.08. The SMILES string of the molecule is CC(C)Oc1ncc2cn[nH]c2n1. The Hall–Kier alpha value is -1.65. The van der Waals surface area contributed by atoms with Crippen molar-refractivity contribution in [1.82, 2.24) is 20.2 Å². The van der Waals surface area contributed by atoms with Gasteiger partial charge in [0.2, 0.25) is 0 Å². The molecule has 1 N–H and O–H groups in total. The minimum atomic E-state index is 0.0837. The molecule has 0 unspecified atom stereocenters. The van der Waals surface area contributed by atoms with Gasteiger partial charge >= 0.3 is 6.01 Å². The lowest BCUT2D eigenvalue weighted by Crippen LogP contribution is -2.08. The molecule has 0 bridgehead atoms. The molecule has 0 amide bonds. The van der Waals surface area contributed by atoms with Crippen molar-refractivity contribution in [3.05, 3.63) is 12.4 Å². The topological polar surface area (TPSA) is 63.7 Å². The second-order valence-electron chi connectivity index (χ2n) is 2.99. The van der Waals surface area contributed by atoms with Crippen LogP contribution in [-0.4, -0.2) is 26.3 Å². The van der Waals surface area contributed by atoms with Crippen LogP contribution in [0.2, 0.25) is 0 Å². The normalized spacial score (nSPS) is 11.0. The predicted octanol–water partition coefficient (Wildman–Crippen LogP) is 1.14. The van der Waals surface area contributed by atoms with Crippen molar-refractivity contribution in [2.24, 2.45) is 0 Å². The van der Waals surface area contributed by atoms with E-state index in [1.165, 1.54) is 0 Å². The van der Waals surface area contributed by atoms with Gasteiger partial charge in [0.1, 0.15) is 0 Å². The molecular formula is C8H10N4O. The fraction of sp³-hybridized carbons (Fsp3) is 0.375. The number of rotatable bonds is 2. The molecule has 0 spiro atoms. The molecule has 5 heteroatoms. The Morgan fingerprint density at radius 1 is 1.38 bits per heavy atom. The number of H-pyrrole nitrogens is 1. The molecule has 2 rings (SSSR count). The first-order valence-electron chi connectivity index (χ1n) is 4.08. The van der Waals surface area contributed by atoms with Crippen LogP contribution in [0.5, 0.6) is 6.01 Å². The molecule has 68 valence electrons. The maximum atomic E-state index is 5.32. The maximum absolute atomic E-state index is 5.32. The number of hydrogen-bond donors (Lipinski definition) is 1. The van der Waals surface area contributed by atoms with Gasteiger partial charge in [-0.05, 0) is 13.8 Å². The van der Waals surface area contributed by atoms with E-state index in [2.05, 4.69) is 20.2 Å². The molecule has 2 aromatic rings. The molecule has 0 radical (unpaired) electrons. The molecule has 0 saturated carbocycles. The number of nitrogens with one attached hydrogen (secondary N) is 1. The summed E-state index contributed by atoms with van der Waals surface area (Å²) in [6.07, 6.45) is 3.44. The van der Waals surface area contributed by atoms with Crippen molar-refractivity contribution < 1.29 is 4.74 Å². The van der Waals surface area contributed by atoms with E-state index in [9.17, 15) is 0 Å². The number of aromatic nitrogens is 4. The van der Waals surface area contributed by atoms with E-state index in [0.29, 0.717) is 11.7 Å². The summed E-state index contributed by atoms with van der Waals surface area (Å²) in [6, 6.07) is 0.381. The van der Waals surface area contributed by atoms with Crippen LogP contribution in [0.25, 0.3) is 11.0 Å². The molecule has 2 aromatic heterocycles. The number of ether oxygens (including phenoxy) is 1. The molecule has 0 atom stereocenters. The van der Waals surface area contributed by atoms with E-state index >= 15 is 0 Å². The molecule has 13 heavy (non-hydrogen) atoms. The highest BCUT2D eigenvalue weighted by Gasteiger charge is 2.03. The number of hydrogen-bond acceptors (Lipinski definition) is 4. The van der Waals surface area contributed by atoms with Crippen LogP contribution in [0.4, 0.5) is 0 Å². The van der Waals surface area contributed by atoms with Crippen LogP contribution < -0.4 is 4.74 Å². The van der Waals surface area contributed by atoms with Gasteiger partial charge in [-0.1, -0.05) is 0 Å². The molecule has 0 fully saturated rings. The zero-order valence-corrected chi connectivity index (χ0v) is 7.48. The van der Waals surface area contributed by atoms with Gasteiger partial charge in [0.05, 0.1) is 17.7 Å². The van der Waals surface area contributed by atoms with E-state index in [-0.39, 0.29) is 6.10 Å². The second kappa shape index (κ2) is 3.01. The smallest absolute Gasteiger partial charge is 0.318 e. The quantitative estimate of drug-likeness (QED) is 0.749. The Balaban J connectivity index is 2.37. The van der Waals surface area contributed by atoms with Gasteiger partial charge in [0.25, 0.3) is 0 Å². The molecule has 0 saturated heterocycles. The standard InChI is InChI=1S/C8H10N4O/c1-5(2)13-8-9-3-6-4-10-12-7(6)11-8/h3-5H,1-2H3,(H,9,10,11,12). The van der Waals surface area contributed by atoms with Crippen LogP contribution in [0.15, 0.2) is 12.4 Å². The van der Waals surface area contributed by atoms with Crippen LogP contribution >= 0.6 is 0 Å². The van der Waals surface area contributed by atoms with E-state index in [0.717, 1.165) is 5.39 Å². The monoisotopic (exact) mass is 178 g/mol. The fourth-order valence-electron chi connectivity index (χ4n) is 0.990. The van der Waals surface area contributed by atoms with E-state index in [1.807, 2.05) is 13.8 Å². The lowest BCUT2D eigenvalue weighted by Gasteiger charge is -2.05. The second-order valence-corrected chi connectivity index (χ2v) is 2.99. The lowest BCUT2D eigenvalue weighted by atomic mass is 10.4. The first-order chi connectivity index (χ1) is 6.25. The van der Waals surface area contributed by atoms with Gasteiger partial charge in [0, 0.05) is 6.20 Å². The van der Waals surface area contributed by atoms with Gasteiger partial charge < -0.3 is 4.74 Å². The largest absolute Gasteiger partial charge is 0.461 e. The third-order valence-electron chi connectivity index (χ3n) is 1.51. The van der Waals surface area contributed by atoms with Gasteiger partial charge in [-0.25, -0.2) is 4.98 Å². The molecule has 2 heterocycles. The Kier molecular flexibility index (Phi) is 1.84. The average molecular weight is 178 g/mol. The Bertz CT molecular complexity index is 409. The van der Waals surface area contributed by atoms with E-state index in [1.54, 1.807) is 12.4 Å². The van der Waals surface area contributed by atoms with Crippen molar-refractivity contribution in [2.75, 3.05) is 0 Å². The summed E-state index contributed by atoms with van der Waals surface area (Å²) in [7, 11) is 0. The van der Waals surface area contributed by atoms with Crippen molar-refractivity contribution in [3.8, 4) is 6.01 Å². The molecule has 0 aliphatic carbocycles. The first kappa shape index (κ1) is 7.97. The maximum Gasteiger partial charge on any atom is 0.318 e. The van der Waals surface area contributed by atoms with Gasteiger partial charge in [0.15, 0.2) is 5.65 Å². The fourth-order valence-corrected chi connectivity index (χ4v) is 0.990. The summed E-state index contributed by atoms with van der Waals surface area (Å²) >= 11 is 0. The molecule has 0 aliphatic heterocycles.